The van der Waals surface area contributed by atoms with Gasteiger partial charge in [-0.25, -0.2) is 4.79 Å². The van der Waals surface area contributed by atoms with Crippen molar-refractivity contribution >= 4 is 27.5 Å². The van der Waals surface area contributed by atoms with Gasteiger partial charge in [0.1, 0.15) is 11.4 Å². The highest BCUT2D eigenvalue weighted by Crippen LogP contribution is 2.29. The van der Waals surface area contributed by atoms with Crippen molar-refractivity contribution in [3.05, 3.63) is 31.3 Å². The molecule has 3 heterocycles. The smallest absolute Gasteiger partial charge is 0.383 e. The van der Waals surface area contributed by atoms with Crippen LogP contribution in [0.5, 0.6) is 0 Å². The Balaban J connectivity index is 2.19. The number of hydrogen-bond acceptors (Lipinski definition) is 7. The second-order valence-electron chi connectivity index (χ2n) is 6.43. The SMILES string of the molecule is COCCn1c(=O)n(CC(F)(F)F)c(=O)c2c(C)c(CN3CCN=C3N)sc21. The summed E-state index contributed by atoms with van der Waals surface area (Å²) in [7, 11) is 1.43. The molecule has 2 aromatic heterocycles. The maximum Gasteiger partial charge on any atom is 0.406 e. The average molecular weight is 419 g/mol. The van der Waals surface area contributed by atoms with E-state index in [9.17, 15) is 22.8 Å². The second-order valence-corrected chi connectivity index (χ2v) is 7.51. The first-order valence-electron chi connectivity index (χ1n) is 8.50. The zero-order valence-corrected chi connectivity index (χ0v) is 16.2. The molecule has 8 nitrogen and oxygen atoms in total. The number of aliphatic imine (C=N–C) groups is 1. The number of aromatic nitrogens is 2. The maximum absolute atomic E-state index is 12.9. The minimum atomic E-state index is -4.69. The number of thiophene rings is 1. The van der Waals surface area contributed by atoms with Crippen LogP contribution in [0.4, 0.5) is 13.2 Å². The lowest BCUT2D eigenvalue weighted by molar-refractivity contribution is -0.141. The summed E-state index contributed by atoms with van der Waals surface area (Å²) in [5.41, 5.74) is 4.45. The Morgan fingerprint density at radius 1 is 1.29 bits per heavy atom. The molecule has 0 radical (unpaired) electrons. The summed E-state index contributed by atoms with van der Waals surface area (Å²) in [4.78, 5) is 32.4. The van der Waals surface area contributed by atoms with Crippen molar-refractivity contribution in [2.24, 2.45) is 10.7 Å². The minimum Gasteiger partial charge on any atom is -0.383 e. The van der Waals surface area contributed by atoms with E-state index in [0.717, 1.165) is 4.88 Å². The van der Waals surface area contributed by atoms with Crippen LogP contribution in [0.1, 0.15) is 10.4 Å². The van der Waals surface area contributed by atoms with Crippen LogP contribution >= 0.6 is 11.3 Å². The summed E-state index contributed by atoms with van der Waals surface area (Å²) in [6.07, 6.45) is -4.69. The number of methoxy groups -OCH3 is 1. The van der Waals surface area contributed by atoms with Crippen molar-refractivity contribution in [3.8, 4) is 0 Å². The van der Waals surface area contributed by atoms with Gasteiger partial charge in [-0.05, 0) is 12.5 Å². The lowest BCUT2D eigenvalue weighted by Crippen LogP contribution is -2.43. The molecule has 12 heteroatoms. The molecule has 0 saturated heterocycles. The zero-order valence-electron chi connectivity index (χ0n) is 15.4. The number of ether oxygens (including phenoxy) is 1. The van der Waals surface area contributed by atoms with Crippen LogP contribution in [0, 0.1) is 6.92 Å². The van der Waals surface area contributed by atoms with Gasteiger partial charge >= 0.3 is 11.9 Å². The molecule has 0 bridgehead atoms. The highest BCUT2D eigenvalue weighted by Gasteiger charge is 2.31. The van der Waals surface area contributed by atoms with Crippen LogP contribution < -0.4 is 17.0 Å². The summed E-state index contributed by atoms with van der Waals surface area (Å²) in [5, 5.41) is 0.120. The summed E-state index contributed by atoms with van der Waals surface area (Å²) in [6, 6.07) is 0. The van der Waals surface area contributed by atoms with Crippen LogP contribution in [0.3, 0.4) is 0 Å². The van der Waals surface area contributed by atoms with E-state index in [1.165, 1.54) is 23.0 Å². The summed E-state index contributed by atoms with van der Waals surface area (Å²) < 4.78 is 45.2. The maximum atomic E-state index is 12.9. The first kappa shape index (κ1) is 20.4. The molecule has 2 N–H and O–H groups in total. The van der Waals surface area contributed by atoms with E-state index in [0.29, 0.717) is 36.0 Å². The molecule has 0 saturated carbocycles. The molecular formula is C16H20F3N5O3S. The monoisotopic (exact) mass is 419 g/mol. The van der Waals surface area contributed by atoms with Crippen LogP contribution in [-0.4, -0.2) is 53.0 Å². The van der Waals surface area contributed by atoms with Crippen LogP contribution in [-0.2, 0) is 24.4 Å². The van der Waals surface area contributed by atoms with Gasteiger partial charge in [0.15, 0.2) is 5.96 Å². The van der Waals surface area contributed by atoms with Crippen molar-refractivity contribution in [2.75, 3.05) is 26.8 Å². The molecule has 0 atom stereocenters. The third-order valence-electron chi connectivity index (χ3n) is 4.55. The fourth-order valence-electron chi connectivity index (χ4n) is 3.12. The Bertz CT molecular complexity index is 1040. The van der Waals surface area contributed by atoms with E-state index < -0.39 is 24.0 Å². The number of halogens is 3. The van der Waals surface area contributed by atoms with Crippen molar-refractivity contribution in [1.29, 1.82) is 0 Å². The predicted octanol–water partition coefficient (Wildman–Crippen LogP) is 0.872. The van der Waals surface area contributed by atoms with Gasteiger partial charge in [-0.2, -0.15) is 13.2 Å². The molecule has 2 aromatic rings. The highest BCUT2D eigenvalue weighted by molar-refractivity contribution is 7.18. The topological polar surface area (TPSA) is 94.8 Å². The van der Waals surface area contributed by atoms with E-state index >= 15 is 0 Å². The number of aryl methyl sites for hydroxylation is 1. The number of nitrogens with two attached hydrogens (primary N) is 1. The van der Waals surface area contributed by atoms with Gasteiger partial charge in [-0.15, -0.1) is 11.3 Å². The van der Waals surface area contributed by atoms with Gasteiger partial charge in [0, 0.05) is 18.5 Å². The fraction of sp³-hybridized carbons (Fsp3) is 0.562. The molecule has 0 spiro atoms. The third kappa shape index (κ3) is 3.78. The molecule has 1 aliphatic heterocycles. The molecule has 0 aromatic carbocycles. The minimum absolute atomic E-state index is 0.0384. The summed E-state index contributed by atoms with van der Waals surface area (Å²) in [5.74, 6) is 0.378. The number of guanidine groups is 1. The molecule has 3 rings (SSSR count). The normalized spacial score (nSPS) is 14.9. The van der Waals surface area contributed by atoms with Crippen LogP contribution in [0.2, 0.25) is 0 Å². The Labute approximate surface area is 161 Å². The second kappa shape index (κ2) is 7.59. The molecular weight excluding hydrogens is 399 g/mol. The molecule has 0 amide bonds. The van der Waals surface area contributed by atoms with Gasteiger partial charge in [0.05, 0.1) is 31.6 Å². The largest absolute Gasteiger partial charge is 0.406 e. The van der Waals surface area contributed by atoms with E-state index in [-0.39, 0.29) is 23.1 Å². The van der Waals surface area contributed by atoms with Crippen molar-refractivity contribution in [3.63, 3.8) is 0 Å². The summed E-state index contributed by atoms with van der Waals surface area (Å²) in [6.45, 7) is 1.75. The summed E-state index contributed by atoms with van der Waals surface area (Å²) >= 11 is 1.21. The van der Waals surface area contributed by atoms with Crippen molar-refractivity contribution in [2.45, 2.75) is 32.7 Å². The standard InChI is InChI=1S/C16H20F3N5O3S/c1-9-10(7-22-4-3-21-14(22)20)28-13-11(9)12(25)24(8-16(17,18)19)15(26)23(13)5-6-27-2/h3-8H2,1-2H3,(H2,20,21). The number of alkyl halides is 3. The predicted molar refractivity (Wildman–Crippen MR) is 99.9 cm³/mol. The van der Waals surface area contributed by atoms with Crippen LogP contribution in [0.25, 0.3) is 10.2 Å². The Morgan fingerprint density at radius 3 is 2.57 bits per heavy atom. The van der Waals surface area contributed by atoms with E-state index in [1.807, 2.05) is 4.90 Å². The van der Waals surface area contributed by atoms with Gasteiger partial charge < -0.3 is 15.4 Å². The van der Waals surface area contributed by atoms with Crippen LogP contribution in [0.15, 0.2) is 14.6 Å². The highest BCUT2D eigenvalue weighted by atomic mass is 32.1. The molecule has 0 aliphatic carbocycles. The van der Waals surface area contributed by atoms with E-state index in [4.69, 9.17) is 10.5 Å². The number of nitrogens with zero attached hydrogens (tertiary/aromatic N) is 4. The first-order valence-corrected chi connectivity index (χ1v) is 9.32. The number of hydrogen-bond donors (Lipinski definition) is 1. The lowest BCUT2D eigenvalue weighted by atomic mass is 10.2. The van der Waals surface area contributed by atoms with Crippen molar-refractivity contribution < 1.29 is 17.9 Å². The van der Waals surface area contributed by atoms with E-state index in [1.54, 1.807) is 6.92 Å². The lowest BCUT2D eigenvalue weighted by Gasteiger charge is -2.16. The molecule has 28 heavy (non-hydrogen) atoms. The van der Waals surface area contributed by atoms with Gasteiger partial charge in [-0.3, -0.25) is 18.9 Å². The average Bonchev–Trinajstić information content (AvgIpc) is 3.15. The van der Waals surface area contributed by atoms with Gasteiger partial charge in [0.2, 0.25) is 0 Å². The van der Waals surface area contributed by atoms with Gasteiger partial charge in [-0.1, -0.05) is 0 Å². The Kier molecular flexibility index (Phi) is 5.53. The molecule has 0 unspecified atom stereocenters. The molecule has 154 valence electrons. The van der Waals surface area contributed by atoms with Gasteiger partial charge in [0.25, 0.3) is 5.56 Å². The Morgan fingerprint density at radius 2 is 2.00 bits per heavy atom. The third-order valence-corrected chi connectivity index (χ3v) is 5.85. The van der Waals surface area contributed by atoms with E-state index in [2.05, 4.69) is 4.99 Å². The Hall–Kier alpha value is -2.34. The number of fused-ring (bicyclic) bond motifs is 1. The molecule has 1 aliphatic rings. The first-order chi connectivity index (χ1) is 13.1. The van der Waals surface area contributed by atoms with Crippen molar-refractivity contribution in [1.82, 2.24) is 14.0 Å². The fourth-order valence-corrected chi connectivity index (χ4v) is 4.45. The zero-order chi connectivity index (χ0) is 20.6. The number of rotatable bonds is 6. The molecule has 0 fully saturated rings. The quantitative estimate of drug-likeness (QED) is 0.750.